The number of benzene rings is 1. The van der Waals surface area contributed by atoms with Crippen LogP contribution in [0.3, 0.4) is 0 Å². The molecule has 4 aromatic rings. The number of piperidine rings is 1. The number of hydrogen-bond donors (Lipinski definition) is 2. The Bertz CT molecular complexity index is 1340. The SMILES string of the molecule is C[C@@H]1OCC2(CCN(c3nc4cnn(-c5cn(C)c6ccccc56)c4nc3CO)CC2)[C@@H]1N. The topological polar surface area (TPSA) is 107 Å². The van der Waals surface area contributed by atoms with E-state index < -0.39 is 0 Å². The van der Waals surface area contributed by atoms with E-state index in [1.807, 2.05) is 30.1 Å². The fraction of sp³-hybridized carbons (Fsp3) is 0.458. The van der Waals surface area contributed by atoms with Crippen LogP contribution in [-0.2, 0) is 18.4 Å². The number of para-hydroxylation sites is 1. The minimum absolute atomic E-state index is 0.0338. The maximum atomic E-state index is 10.2. The van der Waals surface area contributed by atoms with Crippen LogP contribution in [0.1, 0.15) is 25.5 Å². The summed E-state index contributed by atoms with van der Waals surface area (Å²) in [4.78, 5) is 11.9. The Labute approximate surface area is 191 Å². The molecular weight excluding hydrogens is 418 g/mol. The van der Waals surface area contributed by atoms with Crippen molar-refractivity contribution >= 4 is 27.9 Å². The summed E-state index contributed by atoms with van der Waals surface area (Å²) in [7, 11) is 2.02. The highest BCUT2D eigenvalue weighted by atomic mass is 16.5. The molecule has 0 amide bonds. The molecule has 2 fully saturated rings. The number of aryl methyl sites for hydroxylation is 1. The Hall–Kier alpha value is -3.01. The van der Waals surface area contributed by atoms with Crippen LogP contribution in [0.4, 0.5) is 5.82 Å². The summed E-state index contributed by atoms with van der Waals surface area (Å²) in [6.07, 6.45) is 5.78. The van der Waals surface area contributed by atoms with Gasteiger partial charge in [0.05, 0.1) is 31.2 Å². The predicted molar refractivity (Wildman–Crippen MR) is 126 cm³/mol. The molecule has 9 nitrogen and oxygen atoms in total. The van der Waals surface area contributed by atoms with Gasteiger partial charge >= 0.3 is 0 Å². The molecule has 0 saturated carbocycles. The van der Waals surface area contributed by atoms with Gasteiger partial charge in [-0.05, 0) is 25.8 Å². The maximum Gasteiger partial charge on any atom is 0.182 e. The second kappa shape index (κ2) is 7.51. The van der Waals surface area contributed by atoms with E-state index in [2.05, 4.69) is 33.6 Å². The first-order valence-electron chi connectivity index (χ1n) is 11.5. The lowest BCUT2D eigenvalue weighted by Gasteiger charge is -2.41. The van der Waals surface area contributed by atoms with E-state index in [-0.39, 0.29) is 24.2 Å². The van der Waals surface area contributed by atoms with Gasteiger partial charge in [0.2, 0.25) is 0 Å². The number of rotatable bonds is 3. The van der Waals surface area contributed by atoms with Crippen LogP contribution in [0.2, 0.25) is 0 Å². The predicted octanol–water partition coefficient (Wildman–Crippen LogP) is 2.13. The summed E-state index contributed by atoms with van der Waals surface area (Å²) in [5.41, 5.74) is 10.5. The van der Waals surface area contributed by atoms with Crippen molar-refractivity contribution in [2.45, 2.75) is 38.5 Å². The number of aromatic nitrogens is 5. The normalized spacial score (nSPS) is 22.7. The van der Waals surface area contributed by atoms with Gasteiger partial charge in [0, 0.05) is 48.7 Å². The second-order valence-electron chi connectivity index (χ2n) is 9.45. The van der Waals surface area contributed by atoms with Gasteiger partial charge in [-0.3, -0.25) is 0 Å². The molecule has 3 N–H and O–H groups in total. The van der Waals surface area contributed by atoms with E-state index in [9.17, 15) is 5.11 Å². The molecule has 3 aromatic heterocycles. The Kier molecular flexibility index (Phi) is 4.69. The van der Waals surface area contributed by atoms with Crippen molar-refractivity contribution in [2.24, 2.45) is 18.2 Å². The number of fused-ring (bicyclic) bond motifs is 2. The van der Waals surface area contributed by atoms with E-state index >= 15 is 0 Å². The third-order valence-electron chi connectivity index (χ3n) is 7.61. The summed E-state index contributed by atoms with van der Waals surface area (Å²) in [5.74, 6) is 0.734. The van der Waals surface area contributed by atoms with Crippen molar-refractivity contribution < 1.29 is 9.84 Å². The first kappa shape index (κ1) is 20.6. The molecule has 9 heteroatoms. The number of nitrogens with two attached hydrogens (primary N) is 1. The Balaban J connectivity index is 1.36. The summed E-state index contributed by atoms with van der Waals surface area (Å²) >= 11 is 0. The molecule has 1 aromatic carbocycles. The number of ether oxygens (including phenoxy) is 1. The molecule has 2 atom stereocenters. The molecule has 33 heavy (non-hydrogen) atoms. The number of anilines is 1. The maximum absolute atomic E-state index is 10.2. The van der Waals surface area contributed by atoms with Gasteiger partial charge in [0.25, 0.3) is 0 Å². The quantitative estimate of drug-likeness (QED) is 0.495. The minimum Gasteiger partial charge on any atom is -0.390 e. The van der Waals surface area contributed by atoms with Crippen molar-refractivity contribution in [3.8, 4) is 5.69 Å². The van der Waals surface area contributed by atoms with Gasteiger partial charge in [0.15, 0.2) is 11.5 Å². The molecule has 0 radical (unpaired) electrons. The van der Waals surface area contributed by atoms with Gasteiger partial charge in [-0.25, -0.2) is 14.6 Å². The van der Waals surface area contributed by atoms with Crippen molar-refractivity contribution in [1.82, 2.24) is 24.3 Å². The third-order valence-corrected chi connectivity index (χ3v) is 7.61. The zero-order valence-corrected chi connectivity index (χ0v) is 19.0. The molecule has 5 heterocycles. The van der Waals surface area contributed by atoms with E-state index in [1.165, 1.54) is 0 Å². The standard InChI is InChI=1S/C24H29N7O2/c1-15-21(25)24(14-33-15)7-9-30(10-8-24)22-18(13-32)28-23-17(27-22)11-26-31(23)20-12-29(2)19-6-4-3-5-16(19)20/h3-6,11-12,15,21,32H,7-10,13-14,25H2,1-2H3/t15-,21+/m0/s1. The first-order chi connectivity index (χ1) is 16.0. The molecule has 2 aliphatic heterocycles. The lowest BCUT2D eigenvalue weighted by atomic mass is 9.73. The van der Waals surface area contributed by atoms with Crippen molar-refractivity contribution in [3.63, 3.8) is 0 Å². The molecule has 0 unspecified atom stereocenters. The lowest BCUT2D eigenvalue weighted by Crippen LogP contribution is -2.51. The highest BCUT2D eigenvalue weighted by Gasteiger charge is 2.47. The zero-order chi connectivity index (χ0) is 22.7. The average molecular weight is 448 g/mol. The van der Waals surface area contributed by atoms with Crippen LogP contribution in [-0.4, -0.2) is 61.3 Å². The van der Waals surface area contributed by atoms with Crippen LogP contribution in [0.5, 0.6) is 0 Å². The fourth-order valence-electron chi connectivity index (χ4n) is 5.53. The van der Waals surface area contributed by atoms with E-state index in [0.29, 0.717) is 16.9 Å². The van der Waals surface area contributed by atoms with Crippen LogP contribution in [0.15, 0.2) is 36.7 Å². The number of hydrogen-bond acceptors (Lipinski definition) is 7. The molecule has 2 aliphatic rings. The molecule has 172 valence electrons. The summed E-state index contributed by atoms with van der Waals surface area (Å²) in [6, 6.07) is 8.26. The Morgan fingerprint density at radius 1 is 1.21 bits per heavy atom. The third kappa shape index (κ3) is 3.07. The summed E-state index contributed by atoms with van der Waals surface area (Å²) in [6.45, 7) is 4.23. The van der Waals surface area contributed by atoms with Gasteiger partial charge in [-0.15, -0.1) is 0 Å². The van der Waals surface area contributed by atoms with Crippen LogP contribution in [0, 0.1) is 5.41 Å². The van der Waals surface area contributed by atoms with Crippen molar-refractivity contribution in [1.29, 1.82) is 0 Å². The van der Waals surface area contributed by atoms with Crippen molar-refractivity contribution in [2.75, 3.05) is 24.6 Å². The highest BCUT2D eigenvalue weighted by Crippen LogP contribution is 2.42. The van der Waals surface area contributed by atoms with Gasteiger partial charge in [-0.2, -0.15) is 5.10 Å². The first-order valence-corrected chi connectivity index (χ1v) is 11.5. The molecule has 2 saturated heterocycles. The molecule has 1 spiro atoms. The second-order valence-corrected chi connectivity index (χ2v) is 9.45. The van der Waals surface area contributed by atoms with Crippen LogP contribution in [0.25, 0.3) is 27.8 Å². The zero-order valence-electron chi connectivity index (χ0n) is 19.0. The van der Waals surface area contributed by atoms with Crippen molar-refractivity contribution in [3.05, 3.63) is 42.4 Å². The van der Waals surface area contributed by atoms with Gasteiger partial charge < -0.3 is 25.0 Å². The number of nitrogens with zero attached hydrogens (tertiary/aromatic N) is 6. The Morgan fingerprint density at radius 3 is 2.73 bits per heavy atom. The molecule has 6 rings (SSSR count). The van der Waals surface area contributed by atoms with Crippen LogP contribution >= 0.6 is 0 Å². The van der Waals surface area contributed by atoms with E-state index in [0.717, 1.165) is 54.9 Å². The molecular formula is C24H29N7O2. The highest BCUT2D eigenvalue weighted by molar-refractivity contribution is 5.90. The molecule has 0 aliphatic carbocycles. The monoisotopic (exact) mass is 447 g/mol. The number of aliphatic hydroxyl groups is 1. The Morgan fingerprint density at radius 2 is 2.00 bits per heavy atom. The average Bonchev–Trinajstić information content (AvgIpc) is 3.49. The van der Waals surface area contributed by atoms with E-state index in [4.69, 9.17) is 20.4 Å². The summed E-state index contributed by atoms with van der Waals surface area (Å²) < 4.78 is 9.75. The summed E-state index contributed by atoms with van der Waals surface area (Å²) in [5, 5.41) is 15.9. The van der Waals surface area contributed by atoms with Gasteiger partial charge in [-0.1, -0.05) is 18.2 Å². The fourth-order valence-corrected chi connectivity index (χ4v) is 5.53. The van der Waals surface area contributed by atoms with Gasteiger partial charge in [0.1, 0.15) is 11.2 Å². The minimum atomic E-state index is -0.180. The largest absolute Gasteiger partial charge is 0.390 e. The molecule has 0 bridgehead atoms. The lowest BCUT2D eigenvalue weighted by molar-refractivity contribution is 0.0973. The van der Waals surface area contributed by atoms with E-state index in [1.54, 1.807) is 6.20 Å². The number of aliphatic hydroxyl groups excluding tert-OH is 1. The smallest absolute Gasteiger partial charge is 0.182 e. The van der Waals surface area contributed by atoms with Crippen LogP contribution < -0.4 is 10.6 Å².